The van der Waals surface area contributed by atoms with Crippen molar-refractivity contribution in [3.63, 3.8) is 0 Å². The fourth-order valence-electron chi connectivity index (χ4n) is 3.31. The highest BCUT2D eigenvalue weighted by molar-refractivity contribution is 5.30. The Bertz CT molecular complexity index is 377. The Hall–Kier alpha value is -0.860. The van der Waals surface area contributed by atoms with Crippen molar-refractivity contribution in [2.24, 2.45) is 5.41 Å². The second-order valence-electron chi connectivity index (χ2n) is 6.25. The summed E-state index contributed by atoms with van der Waals surface area (Å²) in [6.07, 6.45) is 2.57. The highest BCUT2D eigenvalue weighted by atomic mass is 15.1. The van der Waals surface area contributed by atoms with E-state index in [1.807, 2.05) is 0 Å². The van der Waals surface area contributed by atoms with E-state index >= 15 is 0 Å². The summed E-state index contributed by atoms with van der Waals surface area (Å²) >= 11 is 0. The minimum absolute atomic E-state index is 0.396. The van der Waals surface area contributed by atoms with Crippen LogP contribution in [-0.4, -0.2) is 24.5 Å². The fraction of sp³-hybridized carbons (Fsp3) is 0.647. The molecule has 0 saturated carbocycles. The molecule has 0 bridgehead atoms. The van der Waals surface area contributed by atoms with E-state index in [4.69, 9.17) is 0 Å². The Morgan fingerprint density at radius 3 is 2.32 bits per heavy atom. The molecule has 106 valence electrons. The van der Waals surface area contributed by atoms with Crippen LogP contribution in [0.5, 0.6) is 0 Å². The lowest BCUT2D eigenvalue weighted by atomic mass is 9.85. The van der Waals surface area contributed by atoms with E-state index in [0.29, 0.717) is 5.41 Å². The first-order valence-electron chi connectivity index (χ1n) is 7.67. The summed E-state index contributed by atoms with van der Waals surface area (Å²) in [5, 5.41) is 3.54. The molecule has 1 aromatic carbocycles. The van der Waals surface area contributed by atoms with Crippen molar-refractivity contribution in [3.8, 4) is 0 Å². The minimum atomic E-state index is 0.396. The first-order valence-corrected chi connectivity index (χ1v) is 7.67. The Labute approximate surface area is 118 Å². The smallest absolute Gasteiger partial charge is 0.0240 e. The van der Waals surface area contributed by atoms with Gasteiger partial charge in [0.1, 0.15) is 0 Å². The van der Waals surface area contributed by atoms with Crippen molar-refractivity contribution in [1.82, 2.24) is 10.2 Å². The normalized spacial score (nSPS) is 18.3. The second kappa shape index (κ2) is 6.53. The van der Waals surface area contributed by atoms with Gasteiger partial charge in [0.05, 0.1) is 0 Å². The van der Waals surface area contributed by atoms with E-state index in [2.05, 4.69) is 55.3 Å². The van der Waals surface area contributed by atoms with Crippen LogP contribution in [-0.2, 0) is 13.1 Å². The van der Waals surface area contributed by atoms with Crippen molar-refractivity contribution >= 4 is 0 Å². The molecule has 0 aromatic heterocycles. The number of benzene rings is 1. The predicted octanol–water partition coefficient (Wildman–Crippen LogP) is 3.42. The van der Waals surface area contributed by atoms with Crippen LogP contribution in [0.2, 0.25) is 0 Å². The minimum Gasteiger partial charge on any atom is -0.316 e. The van der Waals surface area contributed by atoms with Gasteiger partial charge in [-0.25, -0.2) is 0 Å². The van der Waals surface area contributed by atoms with E-state index < -0.39 is 0 Å². The molecule has 1 aromatic rings. The van der Waals surface area contributed by atoms with Gasteiger partial charge in [0.25, 0.3) is 0 Å². The van der Waals surface area contributed by atoms with Crippen LogP contribution >= 0.6 is 0 Å². The molecule has 0 saturated heterocycles. The van der Waals surface area contributed by atoms with Crippen LogP contribution in [0.1, 0.15) is 44.7 Å². The molecule has 1 heterocycles. The third-order valence-corrected chi connectivity index (χ3v) is 4.17. The van der Waals surface area contributed by atoms with Crippen LogP contribution in [0.4, 0.5) is 0 Å². The molecule has 0 spiro atoms. The van der Waals surface area contributed by atoms with Crippen LogP contribution in [0.3, 0.4) is 0 Å². The van der Waals surface area contributed by atoms with E-state index in [1.54, 1.807) is 0 Å². The first-order chi connectivity index (χ1) is 9.17. The molecule has 0 radical (unpaired) electrons. The summed E-state index contributed by atoms with van der Waals surface area (Å²) in [4.78, 5) is 2.61. The molecule has 1 N–H and O–H groups in total. The van der Waals surface area contributed by atoms with Crippen molar-refractivity contribution in [2.75, 3.05) is 19.6 Å². The highest BCUT2D eigenvalue weighted by Crippen LogP contribution is 2.29. The van der Waals surface area contributed by atoms with Gasteiger partial charge in [0.2, 0.25) is 0 Å². The van der Waals surface area contributed by atoms with E-state index in [1.165, 1.54) is 30.5 Å². The number of hydrogen-bond donors (Lipinski definition) is 1. The van der Waals surface area contributed by atoms with Gasteiger partial charge in [-0.1, -0.05) is 51.5 Å². The average Bonchev–Trinajstić information content (AvgIpc) is 2.78. The molecule has 1 aliphatic heterocycles. The maximum atomic E-state index is 3.54. The lowest BCUT2D eigenvalue weighted by molar-refractivity contribution is 0.150. The third kappa shape index (κ3) is 3.80. The molecular formula is C17H28N2. The summed E-state index contributed by atoms with van der Waals surface area (Å²) < 4.78 is 0. The summed E-state index contributed by atoms with van der Waals surface area (Å²) in [5.41, 5.74) is 3.43. The van der Waals surface area contributed by atoms with Gasteiger partial charge in [-0.2, -0.15) is 0 Å². The van der Waals surface area contributed by atoms with Crippen molar-refractivity contribution in [1.29, 1.82) is 0 Å². The summed E-state index contributed by atoms with van der Waals surface area (Å²) in [6.45, 7) is 12.6. The number of fused-ring (bicyclic) bond motifs is 1. The Kier molecular flexibility index (Phi) is 5.00. The lowest BCUT2D eigenvalue weighted by Crippen LogP contribution is -2.40. The largest absolute Gasteiger partial charge is 0.316 e. The van der Waals surface area contributed by atoms with Gasteiger partial charge in [-0.3, -0.25) is 4.90 Å². The Balaban J connectivity index is 1.96. The Morgan fingerprint density at radius 2 is 1.79 bits per heavy atom. The van der Waals surface area contributed by atoms with Crippen LogP contribution in [0.15, 0.2) is 24.3 Å². The van der Waals surface area contributed by atoms with Gasteiger partial charge in [0, 0.05) is 26.2 Å². The van der Waals surface area contributed by atoms with E-state index in [0.717, 1.165) is 26.2 Å². The van der Waals surface area contributed by atoms with Gasteiger partial charge < -0.3 is 5.32 Å². The molecule has 2 rings (SSSR count). The number of hydrogen-bond acceptors (Lipinski definition) is 2. The topological polar surface area (TPSA) is 15.3 Å². The summed E-state index contributed by atoms with van der Waals surface area (Å²) in [6, 6.07) is 8.87. The zero-order valence-corrected chi connectivity index (χ0v) is 12.7. The van der Waals surface area contributed by atoms with Crippen LogP contribution in [0.25, 0.3) is 0 Å². The highest BCUT2D eigenvalue weighted by Gasteiger charge is 2.28. The molecule has 1 aliphatic rings. The maximum absolute atomic E-state index is 3.54. The van der Waals surface area contributed by atoms with Gasteiger partial charge >= 0.3 is 0 Å². The molecule has 1 unspecified atom stereocenters. The fourth-order valence-corrected chi connectivity index (χ4v) is 3.31. The van der Waals surface area contributed by atoms with Crippen molar-refractivity contribution in [3.05, 3.63) is 35.4 Å². The SMILES string of the molecule is CCCC(C)(CNCC)CN1Cc2ccccc2C1. The predicted molar refractivity (Wildman–Crippen MR) is 82.1 cm³/mol. The van der Waals surface area contributed by atoms with Gasteiger partial charge in [-0.05, 0) is 29.5 Å². The average molecular weight is 260 g/mol. The Morgan fingerprint density at radius 1 is 1.16 bits per heavy atom. The van der Waals surface area contributed by atoms with E-state index in [-0.39, 0.29) is 0 Å². The van der Waals surface area contributed by atoms with Crippen molar-refractivity contribution in [2.45, 2.75) is 46.7 Å². The monoisotopic (exact) mass is 260 g/mol. The molecule has 1 atom stereocenters. The van der Waals surface area contributed by atoms with Crippen molar-refractivity contribution < 1.29 is 0 Å². The maximum Gasteiger partial charge on any atom is 0.0240 e. The van der Waals surface area contributed by atoms with Crippen LogP contribution in [0, 0.1) is 5.41 Å². The summed E-state index contributed by atoms with van der Waals surface area (Å²) in [7, 11) is 0. The van der Waals surface area contributed by atoms with E-state index in [9.17, 15) is 0 Å². The first kappa shape index (κ1) is 14.5. The molecule has 2 heteroatoms. The van der Waals surface area contributed by atoms with Gasteiger partial charge in [-0.15, -0.1) is 0 Å². The zero-order valence-electron chi connectivity index (χ0n) is 12.7. The number of nitrogens with zero attached hydrogens (tertiary/aromatic N) is 1. The van der Waals surface area contributed by atoms with Crippen LogP contribution < -0.4 is 5.32 Å². The molecule has 2 nitrogen and oxygen atoms in total. The number of rotatable bonds is 7. The second-order valence-corrected chi connectivity index (χ2v) is 6.25. The molecule has 19 heavy (non-hydrogen) atoms. The molecule has 0 amide bonds. The zero-order chi connectivity index (χ0) is 13.7. The van der Waals surface area contributed by atoms with Gasteiger partial charge in [0.15, 0.2) is 0 Å². The summed E-state index contributed by atoms with van der Waals surface area (Å²) in [5.74, 6) is 0. The molecular weight excluding hydrogens is 232 g/mol. The number of nitrogens with one attached hydrogen (secondary N) is 1. The third-order valence-electron chi connectivity index (χ3n) is 4.17. The molecule has 0 aliphatic carbocycles. The standard InChI is InChI=1S/C17H28N2/c1-4-10-17(3,13-18-5-2)14-19-11-15-8-6-7-9-16(15)12-19/h6-9,18H,4-5,10-14H2,1-3H3. The quantitative estimate of drug-likeness (QED) is 0.808. The lowest BCUT2D eigenvalue weighted by Gasteiger charge is -2.34. The molecule has 0 fully saturated rings.